The number of benzene rings is 2. The highest BCUT2D eigenvalue weighted by molar-refractivity contribution is 9.10. The summed E-state index contributed by atoms with van der Waals surface area (Å²) >= 11 is 3.45. The molecular weight excluding hydrogens is 448 g/mol. The molecule has 2 aromatic rings. The van der Waals surface area contributed by atoms with Gasteiger partial charge in [-0.2, -0.15) is 5.26 Å². The Balaban J connectivity index is 2.03. The highest BCUT2D eigenvalue weighted by Gasteiger charge is 2.37. The van der Waals surface area contributed by atoms with Crippen molar-refractivity contribution in [1.82, 2.24) is 0 Å². The molecule has 0 radical (unpaired) electrons. The topological polar surface area (TPSA) is 94.6 Å². The van der Waals surface area contributed by atoms with Crippen LogP contribution in [0.1, 0.15) is 30.9 Å². The number of para-hydroxylation sites is 1. The molecule has 1 aliphatic rings. The van der Waals surface area contributed by atoms with Gasteiger partial charge in [-0.25, -0.2) is 4.79 Å². The summed E-state index contributed by atoms with van der Waals surface area (Å²) in [5, 5.41) is 9.75. The number of nitrogens with zero attached hydrogens (tertiary/aromatic N) is 1. The third-order valence-electron chi connectivity index (χ3n) is 4.61. The van der Waals surface area contributed by atoms with Gasteiger partial charge in [0.1, 0.15) is 29.8 Å². The summed E-state index contributed by atoms with van der Waals surface area (Å²) in [5.74, 6) is -0.491. The standard InChI is InChI=1S/C23H21BrN2O4/c1-3-28-23(27)20-14(2)30-22(26)18(12-25)21(20)17-9-4-5-10-19(17)29-13-15-7-6-8-16(24)11-15/h4-11,21H,3,13,26H2,1-2H3. The van der Waals surface area contributed by atoms with Gasteiger partial charge in [-0.1, -0.05) is 46.3 Å². The van der Waals surface area contributed by atoms with Crippen molar-refractivity contribution in [3.8, 4) is 11.8 Å². The summed E-state index contributed by atoms with van der Waals surface area (Å²) in [6.07, 6.45) is 0. The van der Waals surface area contributed by atoms with Crippen LogP contribution in [-0.2, 0) is 20.9 Å². The first kappa shape index (κ1) is 21.5. The summed E-state index contributed by atoms with van der Waals surface area (Å²) in [4.78, 5) is 12.7. The summed E-state index contributed by atoms with van der Waals surface area (Å²) in [6.45, 7) is 3.87. The molecule has 0 aliphatic carbocycles. The molecule has 2 aromatic carbocycles. The van der Waals surface area contributed by atoms with E-state index in [-0.39, 0.29) is 23.6 Å². The van der Waals surface area contributed by atoms with E-state index in [4.69, 9.17) is 19.9 Å². The number of halogens is 1. The Morgan fingerprint density at radius 1 is 1.27 bits per heavy atom. The number of allylic oxidation sites excluding steroid dienone is 2. The molecule has 154 valence electrons. The fraction of sp³-hybridized carbons (Fsp3) is 0.217. The van der Waals surface area contributed by atoms with E-state index >= 15 is 0 Å². The molecule has 30 heavy (non-hydrogen) atoms. The van der Waals surface area contributed by atoms with E-state index < -0.39 is 11.9 Å². The lowest BCUT2D eigenvalue weighted by Crippen LogP contribution is -2.26. The first-order chi connectivity index (χ1) is 14.5. The average Bonchev–Trinajstić information content (AvgIpc) is 2.72. The second-order valence-corrected chi connectivity index (χ2v) is 7.49. The normalized spacial score (nSPS) is 16.0. The van der Waals surface area contributed by atoms with Crippen LogP contribution in [0.2, 0.25) is 0 Å². The number of nitriles is 1. The SMILES string of the molecule is CCOC(=O)C1=C(C)OC(N)=C(C#N)C1c1ccccc1OCc1cccc(Br)c1. The van der Waals surface area contributed by atoms with E-state index in [9.17, 15) is 10.1 Å². The van der Waals surface area contributed by atoms with Gasteiger partial charge in [0.25, 0.3) is 0 Å². The van der Waals surface area contributed by atoms with Crippen LogP contribution in [0.3, 0.4) is 0 Å². The van der Waals surface area contributed by atoms with Gasteiger partial charge in [0, 0.05) is 10.0 Å². The molecule has 2 N–H and O–H groups in total. The number of esters is 1. The molecule has 0 amide bonds. The van der Waals surface area contributed by atoms with E-state index in [1.54, 1.807) is 19.9 Å². The largest absolute Gasteiger partial charge is 0.489 e. The molecule has 0 saturated carbocycles. The van der Waals surface area contributed by atoms with Crippen molar-refractivity contribution in [1.29, 1.82) is 5.26 Å². The molecule has 0 spiro atoms. The second-order valence-electron chi connectivity index (χ2n) is 6.57. The van der Waals surface area contributed by atoms with Crippen LogP contribution in [0.5, 0.6) is 5.75 Å². The molecule has 1 atom stereocenters. The van der Waals surface area contributed by atoms with Gasteiger partial charge in [0.15, 0.2) is 0 Å². The Bertz CT molecular complexity index is 1070. The van der Waals surface area contributed by atoms with Crippen LogP contribution in [0.4, 0.5) is 0 Å². The molecular formula is C23H21BrN2O4. The third kappa shape index (κ3) is 4.50. The smallest absolute Gasteiger partial charge is 0.338 e. The van der Waals surface area contributed by atoms with E-state index in [0.29, 0.717) is 23.7 Å². The maximum absolute atomic E-state index is 12.7. The van der Waals surface area contributed by atoms with Crippen molar-refractivity contribution in [2.24, 2.45) is 5.73 Å². The molecule has 1 unspecified atom stereocenters. The van der Waals surface area contributed by atoms with Gasteiger partial charge in [-0.15, -0.1) is 0 Å². The van der Waals surface area contributed by atoms with Crippen LogP contribution in [-0.4, -0.2) is 12.6 Å². The molecule has 0 saturated heterocycles. The van der Waals surface area contributed by atoms with Gasteiger partial charge < -0.3 is 19.9 Å². The minimum Gasteiger partial charge on any atom is -0.489 e. The maximum Gasteiger partial charge on any atom is 0.338 e. The summed E-state index contributed by atoms with van der Waals surface area (Å²) < 4.78 is 17.7. The Morgan fingerprint density at radius 2 is 2.03 bits per heavy atom. The lowest BCUT2D eigenvalue weighted by molar-refractivity contribution is -0.139. The quantitative estimate of drug-likeness (QED) is 0.618. The lowest BCUT2D eigenvalue weighted by Gasteiger charge is -2.28. The first-order valence-electron chi connectivity index (χ1n) is 9.37. The molecule has 0 fully saturated rings. The van der Waals surface area contributed by atoms with Crippen molar-refractivity contribution in [2.45, 2.75) is 26.4 Å². The molecule has 3 rings (SSSR count). The lowest BCUT2D eigenvalue weighted by atomic mass is 9.82. The van der Waals surface area contributed by atoms with Crippen LogP contribution < -0.4 is 10.5 Å². The third-order valence-corrected chi connectivity index (χ3v) is 5.11. The number of rotatable bonds is 6. The first-order valence-corrected chi connectivity index (χ1v) is 10.2. The van der Waals surface area contributed by atoms with E-state index in [1.807, 2.05) is 42.5 Å². The molecule has 6 nitrogen and oxygen atoms in total. The van der Waals surface area contributed by atoms with Crippen molar-refractivity contribution in [3.63, 3.8) is 0 Å². The average molecular weight is 469 g/mol. The Kier molecular flexibility index (Phi) is 6.80. The molecule has 1 aliphatic heterocycles. The zero-order valence-electron chi connectivity index (χ0n) is 16.6. The fourth-order valence-electron chi connectivity index (χ4n) is 3.30. The Morgan fingerprint density at radius 3 is 2.73 bits per heavy atom. The summed E-state index contributed by atoms with van der Waals surface area (Å²) in [7, 11) is 0. The number of ether oxygens (including phenoxy) is 3. The number of nitrogens with two attached hydrogens (primary N) is 1. The predicted octanol–water partition coefficient (Wildman–Crippen LogP) is 4.67. The zero-order valence-corrected chi connectivity index (χ0v) is 18.2. The Labute approximate surface area is 183 Å². The van der Waals surface area contributed by atoms with Crippen LogP contribution in [0, 0.1) is 11.3 Å². The minimum atomic E-state index is -0.749. The van der Waals surface area contributed by atoms with E-state index in [2.05, 4.69) is 22.0 Å². The van der Waals surface area contributed by atoms with Gasteiger partial charge in [-0.05, 0) is 37.6 Å². The summed E-state index contributed by atoms with van der Waals surface area (Å²) in [5.41, 5.74) is 7.96. The fourth-order valence-corrected chi connectivity index (χ4v) is 3.75. The van der Waals surface area contributed by atoms with Gasteiger partial charge in [0.2, 0.25) is 5.88 Å². The van der Waals surface area contributed by atoms with Crippen molar-refractivity contribution >= 4 is 21.9 Å². The van der Waals surface area contributed by atoms with Crippen molar-refractivity contribution in [2.75, 3.05) is 6.61 Å². The van der Waals surface area contributed by atoms with Gasteiger partial charge >= 0.3 is 5.97 Å². The predicted molar refractivity (Wildman–Crippen MR) is 115 cm³/mol. The number of hydrogen-bond donors (Lipinski definition) is 1. The minimum absolute atomic E-state index is 0.0326. The maximum atomic E-state index is 12.7. The molecule has 0 bridgehead atoms. The van der Waals surface area contributed by atoms with Crippen LogP contribution >= 0.6 is 15.9 Å². The van der Waals surface area contributed by atoms with Gasteiger partial charge in [-0.3, -0.25) is 0 Å². The number of carbonyl (C=O) groups excluding carboxylic acids is 1. The molecule has 0 aromatic heterocycles. The van der Waals surface area contributed by atoms with E-state index in [1.165, 1.54) is 0 Å². The van der Waals surface area contributed by atoms with Crippen LogP contribution in [0.25, 0.3) is 0 Å². The van der Waals surface area contributed by atoms with Crippen LogP contribution in [0.15, 0.2) is 75.8 Å². The second kappa shape index (κ2) is 9.51. The van der Waals surface area contributed by atoms with E-state index in [0.717, 1.165) is 10.0 Å². The highest BCUT2D eigenvalue weighted by atomic mass is 79.9. The summed E-state index contributed by atoms with van der Waals surface area (Å²) in [6, 6.07) is 17.1. The molecule has 7 heteroatoms. The van der Waals surface area contributed by atoms with Gasteiger partial charge in [0.05, 0.1) is 18.1 Å². The number of hydrogen-bond acceptors (Lipinski definition) is 6. The Hall–Kier alpha value is -3.24. The zero-order chi connectivity index (χ0) is 21.7. The van der Waals surface area contributed by atoms with Crippen molar-refractivity contribution < 1.29 is 19.0 Å². The molecule has 1 heterocycles. The number of carbonyl (C=O) groups is 1. The highest BCUT2D eigenvalue weighted by Crippen LogP contribution is 2.43. The van der Waals surface area contributed by atoms with Crippen molar-refractivity contribution in [3.05, 3.63) is 86.9 Å². The monoisotopic (exact) mass is 468 g/mol.